The lowest BCUT2D eigenvalue weighted by Gasteiger charge is -2.28. The molecule has 0 bridgehead atoms. The number of nitrogens with two attached hydrogens (primary N) is 1. The Morgan fingerprint density at radius 3 is 2.80 bits per heavy atom. The largest absolute Gasteiger partial charge is 0.379 e. The fraction of sp³-hybridized carbons (Fsp3) is 0.933. The smallest absolute Gasteiger partial charge is 0.237 e. The van der Waals surface area contributed by atoms with Crippen LogP contribution in [0.25, 0.3) is 0 Å². The second-order valence-corrected chi connectivity index (χ2v) is 6.28. The number of hydrogen-bond acceptors (Lipinski definition) is 4. The topological polar surface area (TPSA) is 73.6 Å². The molecule has 0 aromatic rings. The number of nitrogens with one attached hydrogen (secondary N) is 1. The van der Waals surface area contributed by atoms with E-state index in [1.807, 2.05) is 6.92 Å². The van der Waals surface area contributed by atoms with Gasteiger partial charge in [0.25, 0.3) is 0 Å². The van der Waals surface area contributed by atoms with Gasteiger partial charge in [0.15, 0.2) is 0 Å². The van der Waals surface area contributed by atoms with Gasteiger partial charge in [-0.3, -0.25) is 4.79 Å². The van der Waals surface area contributed by atoms with Gasteiger partial charge in [0, 0.05) is 19.3 Å². The summed E-state index contributed by atoms with van der Waals surface area (Å²) in [6.07, 6.45) is 7.63. The van der Waals surface area contributed by atoms with Crippen molar-refractivity contribution in [3.63, 3.8) is 0 Å². The Hall–Kier alpha value is -0.650. The van der Waals surface area contributed by atoms with Gasteiger partial charge in [-0.15, -0.1) is 0 Å². The van der Waals surface area contributed by atoms with Gasteiger partial charge in [-0.2, -0.15) is 0 Å². The summed E-state index contributed by atoms with van der Waals surface area (Å²) in [6, 6.07) is 0.476. The molecule has 116 valence electrons. The molecule has 2 unspecified atom stereocenters. The highest BCUT2D eigenvalue weighted by Crippen LogP contribution is 2.24. The predicted molar refractivity (Wildman–Crippen MR) is 77.4 cm³/mol. The van der Waals surface area contributed by atoms with Crippen molar-refractivity contribution in [1.82, 2.24) is 5.32 Å². The molecular weight excluding hydrogens is 256 g/mol. The van der Waals surface area contributed by atoms with Crippen LogP contribution in [0.3, 0.4) is 0 Å². The SMILES string of the molecule is CC(CCCOCC1CCCCO1)(NC1CC1)C(N)=O. The van der Waals surface area contributed by atoms with Crippen LogP contribution in [0.2, 0.25) is 0 Å². The Balaban J connectivity index is 1.59. The van der Waals surface area contributed by atoms with E-state index in [2.05, 4.69) is 5.32 Å². The van der Waals surface area contributed by atoms with E-state index in [4.69, 9.17) is 15.2 Å². The summed E-state index contributed by atoms with van der Waals surface area (Å²) < 4.78 is 11.3. The monoisotopic (exact) mass is 284 g/mol. The summed E-state index contributed by atoms with van der Waals surface area (Å²) in [5.74, 6) is -0.264. The molecule has 0 spiro atoms. The molecule has 5 nitrogen and oxygen atoms in total. The molecular formula is C15H28N2O3. The van der Waals surface area contributed by atoms with Gasteiger partial charge in [-0.05, 0) is 51.9 Å². The van der Waals surface area contributed by atoms with E-state index in [-0.39, 0.29) is 12.0 Å². The molecule has 1 heterocycles. The first-order valence-electron chi connectivity index (χ1n) is 7.87. The third kappa shape index (κ3) is 5.04. The van der Waals surface area contributed by atoms with Gasteiger partial charge < -0.3 is 20.5 Å². The molecule has 0 aromatic carbocycles. The molecule has 1 aliphatic heterocycles. The van der Waals surface area contributed by atoms with Gasteiger partial charge in [0.2, 0.25) is 5.91 Å². The van der Waals surface area contributed by atoms with Gasteiger partial charge in [-0.25, -0.2) is 0 Å². The van der Waals surface area contributed by atoms with Crippen molar-refractivity contribution in [3.8, 4) is 0 Å². The first kappa shape index (κ1) is 15.7. The van der Waals surface area contributed by atoms with Crippen molar-refractivity contribution in [3.05, 3.63) is 0 Å². The molecule has 2 aliphatic rings. The molecule has 1 aliphatic carbocycles. The first-order valence-corrected chi connectivity index (χ1v) is 7.87. The summed E-state index contributed by atoms with van der Waals surface area (Å²) in [4.78, 5) is 11.6. The van der Waals surface area contributed by atoms with Crippen LogP contribution in [0.4, 0.5) is 0 Å². The lowest BCUT2D eigenvalue weighted by atomic mass is 9.95. The maximum atomic E-state index is 11.6. The molecule has 0 aromatic heterocycles. The summed E-state index contributed by atoms with van der Waals surface area (Å²) >= 11 is 0. The standard InChI is InChI=1S/C15H28N2O3/c1-15(14(16)18,17-12-6-7-12)8-4-9-19-11-13-5-2-3-10-20-13/h12-13,17H,2-11H2,1H3,(H2,16,18). The molecule has 1 saturated carbocycles. The average molecular weight is 284 g/mol. The van der Waals surface area contributed by atoms with E-state index in [1.165, 1.54) is 12.8 Å². The quantitative estimate of drug-likeness (QED) is 0.627. The van der Waals surface area contributed by atoms with Crippen LogP contribution in [-0.2, 0) is 14.3 Å². The van der Waals surface area contributed by atoms with E-state index in [1.54, 1.807) is 0 Å². The van der Waals surface area contributed by atoms with E-state index in [0.29, 0.717) is 19.3 Å². The molecule has 2 atom stereocenters. The number of carbonyl (C=O) groups is 1. The Morgan fingerprint density at radius 1 is 1.40 bits per heavy atom. The van der Waals surface area contributed by atoms with Crippen molar-refractivity contribution in [2.24, 2.45) is 5.73 Å². The van der Waals surface area contributed by atoms with Crippen LogP contribution in [0.15, 0.2) is 0 Å². The number of carbonyl (C=O) groups excluding carboxylic acids is 1. The van der Waals surface area contributed by atoms with E-state index < -0.39 is 5.54 Å². The summed E-state index contributed by atoms with van der Waals surface area (Å²) in [7, 11) is 0. The van der Waals surface area contributed by atoms with Crippen molar-refractivity contribution in [2.45, 2.75) is 69.6 Å². The highest BCUT2D eigenvalue weighted by molar-refractivity contribution is 5.84. The van der Waals surface area contributed by atoms with E-state index >= 15 is 0 Å². The minimum atomic E-state index is -0.591. The second-order valence-electron chi connectivity index (χ2n) is 6.28. The molecule has 20 heavy (non-hydrogen) atoms. The van der Waals surface area contributed by atoms with Gasteiger partial charge >= 0.3 is 0 Å². The fourth-order valence-electron chi connectivity index (χ4n) is 2.63. The van der Waals surface area contributed by atoms with E-state index in [0.717, 1.165) is 38.7 Å². The van der Waals surface area contributed by atoms with Crippen LogP contribution < -0.4 is 11.1 Å². The third-order valence-corrected chi connectivity index (χ3v) is 4.19. The zero-order chi connectivity index (χ0) is 14.4. The Bertz CT molecular complexity index is 314. The van der Waals surface area contributed by atoms with Gasteiger partial charge in [-0.1, -0.05) is 0 Å². The lowest BCUT2D eigenvalue weighted by Crippen LogP contribution is -2.54. The molecule has 1 amide bonds. The van der Waals surface area contributed by atoms with Crippen LogP contribution in [0, 0.1) is 0 Å². The Labute approximate surface area is 121 Å². The first-order chi connectivity index (χ1) is 9.60. The molecule has 2 rings (SSSR count). The molecule has 5 heteroatoms. The third-order valence-electron chi connectivity index (χ3n) is 4.19. The highest BCUT2D eigenvalue weighted by atomic mass is 16.5. The number of rotatable bonds is 9. The second kappa shape index (κ2) is 7.38. The predicted octanol–water partition coefficient (Wildman–Crippen LogP) is 1.35. The van der Waals surface area contributed by atoms with Crippen molar-refractivity contribution in [2.75, 3.05) is 19.8 Å². The lowest BCUT2D eigenvalue weighted by molar-refractivity contribution is -0.124. The van der Waals surface area contributed by atoms with Crippen LogP contribution in [0.1, 0.15) is 51.9 Å². The number of hydrogen-bond donors (Lipinski definition) is 2. The summed E-state index contributed by atoms with van der Waals surface area (Å²) in [6.45, 7) is 4.09. The van der Waals surface area contributed by atoms with Crippen molar-refractivity contribution in [1.29, 1.82) is 0 Å². The minimum Gasteiger partial charge on any atom is -0.379 e. The van der Waals surface area contributed by atoms with Gasteiger partial charge in [0.1, 0.15) is 0 Å². The number of primary amides is 1. The van der Waals surface area contributed by atoms with Crippen molar-refractivity contribution < 1.29 is 14.3 Å². The molecule has 0 radical (unpaired) electrons. The number of ether oxygens (including phenoxy) is 2. The summed E-state index contributed by atoms with van der Waals surface area (Å²) in [5.41, 5.74) is 4.93. The minimum absolute atomic E-state index is 0.260. The van der Waals surface area contributed by atoms with Crippen LogP contribution in [0.5, 0.6) is 0 Å². The summed E-state index contributed by atoms with van der Waals surface area (Å²) in [5, 5.41) is 3.35. The Morgan fingerprint density at radius 2 is 2.20 bits per heavy atom. The van der Waals surface area contributed by atoms with Crippen LogP contribution in [-0.4, -0.2) is 43.4 Å². The number of amides is 1. The fourth-order valence-corrected chi connectivity index (χ4v) is 2.63. The maximum absolute atomic E-state index is 11.6. The molecule has 1 saturated heterocycles. The normalized spacial score (nSPS) is 26.1. The Kier molecular flexibility index (Phi) is 5.81. The molecule has 2 fully saturated rings. The van der Waals surface area contributed by atoms with Crippen molar-refractivity contribution >= 4 is 5.91 Å². The van der Waals surface area contributed by atoms with Crippen LogP contribution >= 0.6 is 0 Å². The zero-order valence-electron chi connectivity index (χ0n) is 12.5. The maximum Gasteiger partial charge on any atom is 0.237 e. The zero-order valence-corrected chi connectivity index (χ0v) is 12.5. The van der Waals surface area contributed by atoms with E-state index in [9.17, 15) is 4.79 Å². The average Bonchev–Trinajstić information content (AvgIpc) is 3.23. The molecule has 3 N–H and O–H groups in total. The van der Waals surface area contributed by atoms with Gasteiger partial charge in [0.05, 0.1) is 18.2 Å². The highest BCUT2D eigenvalue weighted by Gasteiger charge is 2.36.